The lowest BCUT2D eigenvalue weighted by Gasteiger charge is -2.11. The third-order valence-corrected chi connectivity index (χ3v) is 2.50. The number of nitro groups is 1. The van der Waals surface area contributed by atoms with Crippen LogP contribution >= 0.6 is 0 Å². The van der Waals surface area contributed by atoms with Crippen LogP contribution in [0.25, 0.3) is 0 Å². The van der Waals surface area contributed by atoms with E-state index in [1.54, 1.807) is 0 Å². The van der Waals surface area contributed by atoms with Crippen LogP contribution in [-0.4, -0.2) is 29.8 Å². The summed E-state index contributed by atoms with van der Waals surface area (Å²) in [6.45, 7) is 1.45. The van der Waals surface area contributed by atoms with Crippen molar-refractivity contribution in [2.75, 3.05) is 12.4 Å². The number of nitro benzene ring substituents is 1. The minimum Gasteiger partial charge on any atom is -0.383 e. The number of hydrogen-bond donors (Lipinski definition) is 3. The van der Waals surface area contributed by atoms with Crippen LogP contribution in [0.5, 0.6) is 0 Å². The van der Waals surface area contributed by atoms with Gasteiger partial charge in [0.2, 0.25) is 5.91 Å². The number of benzene rings is 1. The number of nitrogens with one attached hydrogen (secondary N) is 2. The standard InChI is InChI=1S/C11H14N4O4/c1-6(10(12)16)14-11(17)7-3-4-9(15(18)19)8(5-7)13-2/h3-6,13H,1-2H3,(H2,12,16)(H,14,17). The van der Waals surface area contributed by atoms with E-state index in [-0.39, 0.29) is 16.9 Å². The Morgan fingerprint density at radius 1 is 1.42 bits per heavy atom. The maximum Gasteiger partial charge on any atom is 0.292 e. The second-order valence-electron chi connectivity index (χ2n) is 3.84. The van der Waals surface area contributed by atoms with Gasteiger partial charge in [0.25, 0.3) is 11.6 Å². The van der Waals surface area contributed by atoms with Crippen molar-refractivity contribution < 1.29 is 14.5 Å². The Labute approximate surface area is 109 Å². The molecule has 0 saturated carbocycles. The minimum absolute atomic E-state index is 0.137. The van der Waals surface area contributed by atoms with E-state index < -0.39 is 22.8 Å². The first-order valence-electron chi connectivity index (χ1n) is 5.43. The zero-order chi connectivity index (χ0) is 14.6. The van der Waals surface area contributed by atoms with E-state index in [9.17, 15) is 19.7 Å². The smallest absolute Gasteiger partial charge is 0.292 e. The molecule has 1 atom stereocenters. The summed E-state index contributed by atoms with van der Waals surface area (Å²) in [6.07, 6.45) is 0. The summed E-state index contributed by atoms with van der Waals surface area (Å²) in [5.74, 6) is -1.19. The fraction of sp³-hybridized carbons (Fsp3) is 0.273. The molecule has 0 saturated heterocycles. The van der Waals surface area contributed by atoms with E-state index >= 15 is 0 Å². The van der Waals surface area contributed by atoms with E-state index in [1.807, 2.05) is 0 Å². The Bertz CT molecular complexity index is 529. The highest BCUT2D eigenvalue weighted by Gasteiger charge is 2.18. The second-order valence-corrected chi connectivity index (χ2v) is 3.84. The van der Waals surface area contributed by atoms with Crippen molar-refractivity contribution in [3.05, 3.63) is 33.9 Å². The number of nitrogens with zero attached hydrogens (tertiary/aromatic N) is 1. The van der Waals surface area contributed by atoms with E-state index in [4.69, 9.17) is 5.73 Å². The average molecular weight is 266 g/mol. The Hall–Kier alpha value is -2.64. The summed E-state index contributed by atoms with van der Waals surface area (Å²) < 4.78 is 0. The van der Waals surface area contributed by atoms with Crippen LogP contribution in [0.1, 0.15) is 17.3 Å². The van der Waals surface area contributed by atoms with Crippen LogP contribution in [-0.2, 0) is 4.79 Å². The molecule has 1 rings (SSSR count). The molecule has 102 valence electrons. The number of carbonyl (C=O) groups excluding carboxylic acids is 2. The van der Waals surface area contributed by atoms with Crippen LogP contribution in [0.4, 0.5) is 11.4 Å². The fourth-order valence-corrected chi connectivity index (χ4v) is 1.39. The molecule has 19 heavy (non-hydrogen) atoms. The van der Waals surface area contributed by atoms with Gasteiger partial charge in [-0.3, -0.25) is 19.7 Å². The molecule has 0 heterocycles. The normalized spacial score (nSPS) is 11.5. The molecule has 1 aromatic carbocycles. The summed E-state index contributed by atoms with van der Waals surface area (Å²) in [4.78, 5) is 32.8. The first-order valence-corrected chi connectivity index (χ1v) is 5.43. The maximum atomic E-state index is 11.8. The van der Waals surface area contributed by atoms with Crippen LogP contribution in [0, 0.1) is 10.1 Å². The number of nitrogens with two attached hydrogens (primary N) is 1. The zero-order valence-corrected chi connectivity index (χ0v) is 10.5. The molecule has 0 spiro atoms. The minimum atomic E-state index is -0.819. The first kappa shape index (κ1) is 14.4. The highest BCUT2D eigenvalue weighted by atomic mass is 16.6. The molecule has 1 aromatic rings. The van der Waals surface area contributed by atoms with Crippen LogP contribution in [0.2, 0.25) is 0 Å². The van der Waals surface area contributed by atoms with Crippen LogP contribution in [0.15, 0.2) is 18.2 Å². The maximum absolute atomic E-state index is 11.8. The predicted octanol–water partition coefficient (Wildman–Crippen LogP) is 0.240. The van der Waals surface area contributed by atoms with Crippen LogP contribution in [0.3, 0.4) is 0 Å². The third-order valence-electron chi connectivity index (χ3n) is 2.50. The number of carbonyl (C=O) groups is 2. The van der Waals surface area contributed by atoms with Crippen molar-refractivity contribution in [3.63, 3.8) is 0 Å². The molecule has 4 N–H and O–H groups in total. The van der Waals surface area contributed by atoms with E-state index in [2.05, 4.69) is 10.6 Å². The van der Waals surface area contributed by atoms with Crippen molar-refractivity contribution in [1.29, 1.82) is 0 Å². The summed E-state index contributed by atoms with van der Waals surface area (Å²) in [5, 5.41) is 15.8. The van der Waals surface area contributed by atoms with Gasteiger partial charge in [0.15, 0.2) is 0 Å². The first-order chi connectivity index (χ1) is 8.86. The van der Waals surface area contributed by atoms with Crippen LogP contribution < -0.4 is 16.4 Å². The molecule has 0 aliphatic carbocycles. The molecule has 8 nitrogen and oxygen atoms in total. The quantitative estimate of drug-likeness (QED) is 0.519. The molecule has 0 aliphatic rings. The van der Waals surface area contributed by atoms with Crippen molar-refractivity contribution in [1.82, 2.24) is 5.32 Å². The highest BCUT2D eigenvalue weighted by molar-refractivity contribution is 5.98. The average Bonchev–Trinajstić information content (AvgIpc) is 2.37. The number of hydrogen-bond acceptors (Lipinski definition) is 5. The van der Waals surface area contributed by atoms with Crippen molar-refractivity contribution in [3.8, 4) is 0 Å². The molecule has 8 heteroatoms. The summed E-state index contributed by atoms with van der Waals surface area (Å²) in [7, 11) is 1.51. The summed E-state index contributed by atoms with van der Waals surface area (Å²) in [6, 6.07) is 3.04. The van der Waals surface area contributed by atoms with Gasteiger partial charge in [-0.25, -0.2) is 0 Å². The lowest BCUT2D eigenvalue weighted by Crippen LogP contribution is -2.42. The van der Waals surface area contributed by atoms with Gasteiger partial charge in [-0.05, 0) is 19.1 Å². The summed E-state index contributed by atoms with van der Waals surface area (Å²) in [5.41, 5.74) is 5.30. The number of rotatable bonds is 5. The predicted molar refractivity (Wildman–Crippen MR) is 68.8 cm³/mol. The fourth-order valence-electron chi connectivity index (χ4n) is 1.39. The topological polar surface area (TPSA) is 127 Å². The van der Waals surface area contributed by atoms with Gasteiger partial charge in [-0.15, -0.1) is 0 Å². The van der Waals surface area contributed by atoms with Crippen molar-refractivity contribution >= 4 is 23.2 Å². The molecule has 0 fully saturated rings. The highest BCUT2D eigenvalue weighted by Crippen LogP contribution is 2.24. The van der Waals surface area contributed by atoms with Gasteiger partial charge >= 0.3 is 0 Å². The van der Waals surface area contributed by atoms with Gasteiger partial charge < -0.3 is 16.4 Å². The Morgan fingerprint density at radius 2 is 2.05 bits per heavy atom. The molecule has 2 amide bonds. The summed E-state index contributed by atoms with van der Waals surface area (Å²) >= 11 is 0. The molecule has 0 aromatic heterocycles. The van der Waals surface area contributed by atoms with Gasteiger partial charge in [-0.1, -0.05) is 0 Å². The lowest BCUT2D eigenvalue weighted by atomic mass is 10.1. The van der Waals surface area contributed by atoms with Crippen molar-refractivity contribution in [2.24, 2.45) is 5.73 Å². The van der Waals surface area contributed by atoms with E-state index in [1.165, 1.54) is 32.2 Å². The number of primary amides is 1. The molecular formula is C11H14N4O4. The SMILES string of the molecule is CNc1cc(C(=O)NC(C)C(N)=O)ccc1[N+](=O)[O-]. The zero-order valence-electron chi connectivity index (χ0n) is 10.5. The molecule has 0 radical (unpaired) electrons. The van der Waals surface area contributed by atoms with E-state index in [0.717, 1.165) is 0 Å². The van der Waals surface area contributed by atoms with Gasteiger partial charge in [-0.2, -0.15) is 0 Å². The monoisotopic (exact) mass is 266 g/mol. The third kappa shape index (κ3) is 3.41. The molecule has 0 bridgehead atoms. The Kier molecular flexibility index (Phi) is 4.41. The molecule has 0 aliphatic heterocycles. The van der Waals surface area contributed by atoms with Crippen molar-refractivity contribution in [2.45, 2.75) is 13.0 Å². The Balaban J connectivity index is 2.99. The lowest BCUT2D eigenvalue weighted by molar-refractivity contribution is -0.383. The number of amides is 2. The Morgan fingerprint density at radius 3 is 2.53 bits per heavy atom. The largest absolute Gasteiger partial charge is 0.383 e. The number of anilines is 1. The van der Waals surface area contributed by atoms with Gasteiger partial charge in [0.1, 0.15) is 11.7 Å². The van der Waals surface area contributed by atoms with E-state index in [0.29, 0.717) is 0 Å². The molecule has 1 unspecified atom stereocenters. The molecular weight excluding hydrogens is 252 g/mol. The van der Waals surface area contributed by atoms with Gasteiger partial charge in [0, 0.05) is 18.7 Å². The van der Waals surface area contributed by atoms with Gasteiger partial charge in [0.05, 0.1) is 4.92 Å². The second kappa shape index (κ2) is 5.80.